The van der Waals surface area contributed by atoms with Crippen molar-refractivity contribution in [3.05, 3.63) is 53.3 Å². The molecule has 0 N–H and O–H groups in total. The van der Waals surface area contributed by atoms with Crippen LogP contribution in [-0.2, 0) is 12.8 Å². The number of pyridine rings is 1. The molecule has 4 rings (SSSR count). The highest BCUT2D eigenvalue weighted by Crippen LogP contribution is 2.35. The van der Waals surface area contributed by atoms with Gasteiger partial charge in [-0.25, -0.2) is 4.98 Å². The average Bonchev–Trinajstić information content (AvgIpc) is 2.85. The molecule has 0 bridgehead atoms. The Kier molecular flexibility index (Phi) is 2.36. The lowest BCUT2D eigenvalue weighted by molar-refractivity contribution is 0.415. The van der Waals surface area contributed by atoms with Crippen molar-refractivity contribution in [1.29, 1.82) is 0 Å². The molecule has 3 nitrogen and oxygen atoms in total. The van der Waals surface area contributed by atoms with Crippen molar-refractivity contribution in [1.82, 2.24) is 9.38 Å². The van der Waals surface area contributed by atoms with E-state index in [4.69, 9.17) is 9.72 Å². The summed E-state index contributed by atoms with van der Waals surface area (Å²) in [5.41, 5.74) is 7.27. The van der Waals surface area contributed by atoms with Crippen LogP contribution in [-0.4, -0.2) is 16.5 Å². The maximum Gasteiger partial charge on any atom is 0.137 e. The zero-order valence-corrected chi connectivity index (χ0v) is 11.7. The lowest BCUT2D eigenvalue weighted by Gasteiger charge is -2.16. The van der Waals surface area contributed by atoms with Gasteiger partial charge in [0.1, 0.15) is 11.4 Å². The highest BCUT2D eigenvalue weighted by Gasteiger charge is 2.21. The Hall–Kier alpha value is -2.29. The normalized spacial score (nSPS) is 13.1. The second-order valence-corrected chi connectivity index (χ2v) is 5.36. The zero-order chi connectivity index (χ0) is 13.7. The van der Waals surface area contributed by atoms with E-state index in [0.717, 1.165) is 29.9 Å². The highest BCUT2D eigenvalue weighted by molar-refractivity contribution is 5.73. The fourth-order valence-corrected chi connectivity index (χ4v) is 3.03. The second kappa shape index (κ2) is 4.10. The van der Waals surface area contributed by atoms with Crippen LogP contribution in [0, 0.1) is 6.92 Å². The number of nitrogens with zero attached hydrogens (tertiary/aromatic N) is 2. The number of imidazole rings is 1. The van der Waals surface area contributed by atoms with Gasteiger partial charge in [0.15, 0.2) is 0 Å². The minimum absolute atomic E-state index is 0.893. The smallest absolute Gasteiger partial charge is 0.137 e. The Morgan fingerprint density at radius 2 is 2.05 bits per heavy atom. The minimum Gasteiger partial charge on any atom is -0.497 e. The van der Waals surface area contributed by atoms with E-state index in [-0.39, 0.29) is 0 Å². The molecule has 0 spiro atoms. The van der Waals surface area contributed by atoms with Crippen molar-refractivity contribution in [3.8, 4) is 17.0 Å². The molecule has 0 unspecified atom stereocenters. The van der Waals surface area contributed by atoms with Gasteiger partial charge in [-0.2, -0.15) is 0 Å². The van der Waals surface area contributed by atoms with E-state index >= 15 is 0 Å². The summed E-state index contributed by atoms with van der Waals surface area (Å²) in [6.45, 7) is 2.12. The van der Waals surface area contributed by atoms with Gasteiger partial charge in [0.05, 0.1) is 18.5 Å². The van der Waals surface area contributed by atoms with Crippen LogP contribution in [0.3, 0.4) is 0 Å². The van der Waals surface area contributed by atoms with E-state index in [1.807, 2.05) is 6.07 Å². The number of aromatic nitrogens is 2. The van der Waals surface area contributed by atoms with E-state index in [1.54, 1.807) is 7.11 Å². The molecule has 0 saturated carbocycles. The van der Waals surface area contributed by atoms with Gasteiger partial charge in [-0.3, -0.25) is 0 Å². The van der Waals surface area contributed by atoms with Crippen LogP contribution in [0.4, 0.5) is 0 Å². The third-order valence-corrected chi connectivity index (χ3v) is 4.07. The molecule has 0 fully saturated rings. The molecule has 100 valence electrons. The van der Waals surface area contributed by atoms with E-state index in [2.05, 4.69) is 41.8 Å². The molecule has 0 aliphatic heterocycles. The van der Waals surface area contributed by atoms with Crippen LogP contribution in [0.5, 0.6) is 5.75 Å². The molecule has 1 aromatic carbocycles. The number of benzene rings is 1. The summed E-state index contributed by atoms with van der Waals surface area (Å²) < 4.78 is 7.58. The summed E-state index contributed by atoms with van der Waals surface area (Å²) >= 11 is 0. The van der Waals surface area contributed by atoms with Crippen LogP contribution < -0.4 is 4.74 Å². The van der Waals surface area contributed by atoms with Crippen molar-refractivity contribution < 1.29 is 4.74 Å². The average molecular weight is 264 g/mol. The number of ether oxygens (including phenoxy) is 1. The van der Waals surface area contributed by atoms with Gasteiger partial charge in [0.2, 0.25) is 0 Å². The third kappa shape index (κ3) is 1.56. The lowest BCUT2D eigenvalue weighted by Crippen LogP contribution is -2.05. The van der Waals surface area contributed by atoms with Gasteiger partial charge < -0.3 is 9.14 Å². The van der Waals surface area contributed by atoms with Gasteiger partial charge in [0.25, 0.3) is 0 Å². The first-order chi connectivity index (χ1) is 9.76. The second-order valence-electron chi connectivity index (χ2n) is 5.36. The fraction of sp³-hybridized carbons (Fsp3) is 0.235. The summed E-state index contributed by atoms with van der Waals surface area (Å²) in [6.07, 6.45) is 4.28. The van der Waals surface area contributed by atoms with Gasteiger partial charge in [-0.15, -0.1) is 0 Å². The van der Waals surface area contributed by atoms with E-state index in [9.17, 15) is 0 Å². The van der Waals surface area contributed by atoms with Crippen LogP contribution in [0.25, 0.3) is 16.9 Å². The Bertz CT molecular complexity index is 817. The van der Waals surface area contributed by atoms with Crippen LogP contribution in [0.1, 0.15) is 16.8 Å². The first-order valence-corrected chi connectivity index (χ1v) is 6.91. The van der Waals surface area contributed by atoms with Crippen molar-refractivity contribution in [2.75, 3.05) is 7.11 Å². The Labute approximate surface area is 117 Å². The molecule has 1 aliphatic carbocycles. The molecule has 0 atom stereocenters. The van der Waals surface area contributed by atoms with E-state index < -0.39 is 0 Å². The zero-order valence-electron chi connectivity index (χ0n) is 11.7. The number of aryl methyl sites for hydroxylation is 3. The summed E-state index contributed by atoms with van der Waals surface area (Å²) in [5.74, 6) is 0.893. The topological polar surface area (TPSA) is 26.5 Å². The molecule has 3 heteroatoms. The minimum atomic E-state index is 0.893. The molecule has 0 radical (unpaired) electrons. The molecule has 1 aliphatic rings. The quantitative estimate of drug-likeness (QED) is 0.673. The van der Waals surface area contributed by atoms with Crippen LogP contribution >= 0.6 is 0 Å². The van der Waals surface area contributed by atoms with Gasteiger partial charge >= 0.3 is 0 Å². The summed E-state index contributed by atoms with van der Waals surface area (Å²) in [4.78, 5) is 4.82. The summed E-state index contributed by atoms with van der Waals surface area (Å²) in [6, 6.07) is 10.5. The van der Waals surface area contributed by atoms with Crippen molar-refractivity contribution in [2.24, 2.45) is 0 Å². The van der Waals surface area contributed by atoms with Crippen LogP contribution in [0.2, 0.25) is 0 Å². The van der Waals surface area contributed by atoms with Crippen molar-refractivity contribution >= 4 is 5.65 Å². The largest absolute Gasteiger partial charge is 0.497 e. The SMILES string of the molecule is COc1ccc2c(c1)-c1nc3ccc(C)cn3c1CC2. The predicted octanol–water partition coefficient (Wildman–Crippen LogP) is 3.42. The fourth-order valence-electron chi connectivity index (χ4n) is 3.03. The Balaban J connectivity index is 2.01. The molecular formula is C17H16N2O. The number of rotatable bonds is 1. The molecule has 20 heavy (non-hydrogen) atoms. The maximum atomic E-state index is 5.35. The molecule has 3 aromatic rings. The molecule has 0 saturated heterocycles. The standard InChI is InChI=1S/C17H16N2O/c1-11-3-8-16-18-17-14-9-13(20-2)6-4-12(14)5-7-15(17)19(16)10-11/h3-4,6,8-10H,5,7H2,1-2H3. The Morgan fingerprint density at radius 3 is 2.90 bits per heavy atom. The third-order valence-electron chi connectivity index (χ3n) is 4.07. The van der Waals surface area contributed by atoms with Gasteiger partial charge in [-0.05, 0) is 49.1 Å². The van der Waals surface area contributed by atoms with E-state index in [0.29, 0.717) is 0 Å². The Morgan fingerprint density at radius 1 is 1.15 bits per heavy atom. The van der Waals surface area contributed by atoms with Crippen LogP contribution in [0.15, 0.2) is 36.5 Å². The first kappa shape index (κ1) is 11.5. The number of hydrogen-bond donors (Lipinski definition) is 0. The van der Waals surface area contributed by atoms with Gasteiger partial charge in [-0.1, -0.05) is 12.1 Å². The van der Waals surface area contributed by atoms with Crippen molar-refractivity contribution in [3.63, 3.8) is 0 Å². The summed E-state index contributed by atoms with van der Waals surface area (Å²) in [5, 5.41) is 0. The lowest BCUT2D eigenvalue weighted by atomic mass is 9.92. The van der Waals surface area contributed by atoms with Crippen molar-refractivity contribution in [2.45, 2.75) is 19.8 Å². The van der Waals surface area contributed by atoms with E-state index in [1.165, 1.54) is 22.4 Å². The predicted molar refractivity (Wildman–Crippen MR) is 79.3 cm³/mol. The molecular weight excluding hydrogens is 248 g/mol. The maximum absolute atomic E-state index is 5.35. The number of methoxy groups -OCH3 is 1. The molecule has 2 heterocycles. The molecule has 2 aromatic heterocycles. The summed E-state index contributed by atoms with van der Waals surface area (Å²) in [7, 11) is 1.71. The number of hydrogen-bond acceptors (Lipinski definition) is 2. The first-order valence-electron chi connectivity index (χ1n) is 6.91. The monoisotopic (exact) mass is 264 g/mol. The van der Waals surface area contributed by atoms with Gasteiger partial charge in [0, 0.05) is 11.8 Å². The highest BCUT2D eigenvalue weighted by atomic mass is 16.5. The molecule has 0 amide bonds. The number of fused-ring (bicyclic) bond motifs is 5.